The fourth-order valence-corrected chi connectivity index (χ4v) is 3.16. The van der Waals surface area contributed by atoms with Crippen LogP contribution in [0.15, 0.2) is 48.2 Å². The molecule has 0 spiro atoms. The third-order valence-corrected chi connectivity index (χ3v) is 4.69. The first-order chi connectivity index (χ1) is 12.9. The number of nitrogens with zero attached hydrogens (tertiary/aromatic N) is 1. The second-order valence-corrected chi connectivity index (χ2v) is 6.61. The summed E-state index contributed by atoms with van der Waals surface area (Å²) >= 11 is 0. The van der Waals surface area contributed by atoms with Crippen molar-refractivity contribution in [1.82, 2.24) is 0 Å². The summed E-state index contributed by atoms with van der Waals surface area (Å²) in [6.07, 6.45) is 2.89. The van der Waals surface area contributed by atoms with Gasteiger partial charge in [0.05, 0.1) is 5.69 Å². The van der Waals surface area contributed by atoms with Crippen LogP contribution in [0, 0.1) is 6.92 Å². The lowest BCUT2D eigenvalue weighted by atomic mass is 10.1. The van der Waals surface area contributed by atoms with Gasteiger partial charge in [-0.25, -0.2) is 4.79 Å². The Morgan fingerprint density at radius 1 is 1.19 bits per heavy atom. The van der Waals surface area contributed by atoms with Crippen molar-refractivity contribution in [3.8, 4) is 5.75 Å². The summed E-state index contributed by atoms with van der Waals surface area (Å²) < 4.78 is 5.84. The molecule has 1 N–H and O–H groups in total. The fourth-order valence-electron chi connectivity index (χ4n) is 3.16. The highest BCUT2D eigenvalue weighted by Crippen LogP contribution is 2.38. The van der Waals surface area contributed by atoms with Crippen molar-refractivity contribution in [1.29, 1.82) is 0 Å². The molecule has 0 aliphatic carbocycles. The Morgan fingerprint density at radius 2 is 1.89 bits per heavy atom. The summed E-state index contributed by atoms with van der Waals surface area (Å²) in [5, 5.41) is 9.62. The number of aliphatic carboxylic acids is 1. The molecule has 1 heterocycles. The number of amides is 1. The Morgan fingerprint density at radius 3 is 2.48 bits per heavy atom. The molecule has 0 saturated heterocycles. The summed E-state index contributed by atoms with van der Waals surface area (Å²) in [4.78, 5) is 26.2. The third kappa shape index (κ3) is 3.72. The Balaban J connectivity index is 2.07. The van der Waals surface area contributed by atoms with Gasteiger partial charge in [0.1, 0.15) is 6.04 Å². The third-order valence-electron chi connectivity index (χ3n) is 4.69. The molecule has 0 aromatic heterocycles. The van der Waals surface area contributed by atoms with Crippen LogP contribution in [0.25, 0.3) is 6.08 Å². The van der Waals surface area contributed by atoms with Crippen molar-refractivity contribution >= 4 is 23.6 Å². The number of anilines is 1. The van der Waals surface area contributed by atoms with Crippen molar-refractivity contribution in [3.05, 3.63) is 64.9 Å². The number of benzene rings is 2. The molecule has 0 bridgehead atoms. The van der Waals surface area contributed by atoms with E-state index in [0.29, 0.717) is 17.9 Å². The smallest absolute Gasteiger partial charge is 0.326 e. The lowest BCUT2D eigenvalue weighted by molar-refractivity contribution is -0.140. The highest BCUT2D eigenvalue weighted by molar-refractivity contribution is 6.12. The predicted octanol–water partition coefficient (Wildman–Crippen LogP) is 4.19. The summed E-state index contributed by atoms with van der Waals surface area (Å²) in [6.45, 7) is 5.73. The zero-order valence-electron chi connectivity index (χ0n) is 15.7. The number of ether oxygens (including phenoxy) is 1. The molecule has 27 heavy (non-hydrogen) atoms. The van der Waals surface area contributed by atoms with E-state index < -0.39 is 17.9 Å². The molecule has 0 fully saturated rings. The number of hydrogen-bond acceptors (Lipinski definition) is 3. The first-order valence-corrected chi connectivity index (χ1v) is 9.10. The molecule has 1 unspecified atom stereocenters. The molecule has 0 saturated carbocycles. The van der Waals surface area contributed by atoms with Gasteiger partial charge in [0.15, 0.2) is 11.5 Å². The molecule has 1 atom stereocenters. The van der Waals surface area contributed by atoms with Crippen LogP contribution >= 0.6 is 0 Å². The summed E-state index contributed by atoms with van der Waals surface area (Å²) in [5.74, 6) is -0.875. The lowest BCUT2D eigenvalue weighted by Crippen LogP contribution is -2.48. The van der Waals surface area contributed by atoms with Gasteiger partial charge in [0, 0.05) is 0 Å². The van der Waals surface area contributed by atoms with E-state index in [4.69, 9.17) is 4.74 Å². The molecule has 1 aliphatic heterocycles. The highest BCUT2D eigenvalue weighted by Gasteiger charge is 2.37. The maximum Gasteiger partial charge on any atom is 0.326 e. The molecule has 3 rings (SSSR count). The van der Waals surface area contributed by atoms with E-state index in [1.165, 1.54) is 10.5 Å². The number of carboxylic acids is 1. The van der Waals surface area contributed by atoms with Crippen LogP contribution in [0.4, 0.5) is 5.69 Å². The minimum Gasteiger partial charge on any atom is -0.480 e. The van der Waals surface area contributed by atoms with Crippen LogP contribution < -0.4 is 9.64 Å². The summed E-state index contributed by atoms with van der Waals surface area (Å²) in [7, 11) is 0. The van der Waals surface area contributed by atoms with Gasteiger partial charge in [0.25, 0.3) is 5.91 Å². The minimum atomic E-state index is -1.04. The number of fused-ring (bicyclic) bond motifs is 1. The molecule has 0 radical (unpaired) electrons. The van der Waals surface area contributed by atoms with E-state index in [-0.39, 0.29) is 5.76 Å². The number of carboxylic acid groups (broad SMARTS) is 1. The Kier molecular flexibility index (Phi) is 5.31. The molecule has 2 aromatic carbocycles. The second kappa shape index (κ2) is 7.66. The van der Waals surface area contributed by atoms with Crippen LogP contribution in [-0.2, 0) is 16.0 Å². The predicted molar refractivity (Wildman–Crippen MR) is 105 cm³/mol. The Labute approximate surface area is 158 Å². The van der Waals surface area contributed by atoms with Gasteiger partial charge >= 0.3 is 5.97 Å². The van der Waals surface area contributed by atoms with E-state index in [9.17, 15) is 14.7 Å². The van der Waals surface area contributed by atoms with Crippen LogP contribution in [0.2, 0.25) is 0 Å². The second-order valence-electron chi connectivity index (χ2n) is 6.61. The standard InChI is InChI=1S/C22H23NO4/c1-4-15-7-9-16(10-8-15)13-20-21(24)23(17(5-2)22(25)26)18-12-14(3)6-11-19(18)27-20/h6-13,17H,4-5H2,1-3H3,(H,25,26)/b20-13+. The monoisotopic (exact) mass is 365 g/mol. The molecular formula is C22H23NO4. The number of aryl methyl sites for hydroxylation is 2. The number of carbonyl (C=O) groups excluding carboxylic acids is 1. The largest absolute Gasteiger partial charge is 0.480 e. The highest BCUT2D eigenvalue weighted by atomic mass is 16.5. The molecule has 5 nitrogen and oxygen atoms in total. The maximum absolute atomic E-state index is 13.1. The number of hydrogen-bond donors (Lipinski definition) is 1. The summed E-state index contributed by atoms with van der Waals surface area (Å²) in [5.41, 5.74) is 3.45. The van der Waals surface area contributed by atoms with Crippen LogP contribution in [-0.4, -0.2) is 23.0 Å². The molecular weight excluding hydrogens is 342 g/mol. The molecule has 5 heteroatoms. The van der Waals surface area contributed by atoms with Crippen molar-refractivity contribution in [2.45, 2.75) is 39.7 Å². The average molecular weight is 365 g/mol. The first kappa shape index (κ1) is 18.7. The molecule has 140 valence electrons. The van der Waals surface area contributed by atoms with Crippen LogP contribution in [0.1, 0.15) is 37.0 Å². The number of carbonyl (C=O) groups is 2. The van der Waals surface area contributed by atoms with Gasteiger partial charge in [-0.1, -0.05) is 44.2 Å². The van der Waals surface area contributed by atoms with Gasteiger partial charge in [-0.3, -0.25) is 9.69 Å². The van der Waals surface area contributed by atoms with Crippen molar-refractivity contribution in [2.75, 3.05) is 4.90 Å². The maximum atomic E-state index is 13.1. The fraction of sp³-hybridized carbons (Fsp3) is 0.273. The quantitative estimate of drug-likeness (QED) is 0.807. The van der Waals surface area contributed by atoms with Gasteiger partial charge in [0.2, 0.25) is 0 Å². The Bertz CT molecular complexity index is 899. The SMILES string of the molecule is CCc1ccc(/C=C2/Oc3ccc(C)cc3N(C(CC)C(=O)O)C2=O)cc1. The van der Waals surface area contributed by atoms with Crippen LogP contribution in [0.5, 0.6) is 5.75 Å². The van der Waals surface area contributed by atoms with Crippen LogP contribution in [0.3, 0.4) is 0 Å². The Hall–Kier alpha value is -3.08. The van der Waals surface area contributed by atoms with E-state index in [2.05, 4.69) is 6.92 Å². The van der Waals surface area contributed by atoms with Gasteiger partial charge < -0.3 is 9.84 Å². The van der Waals surface area contributed by atoms with Gasteiger partial charge in [-0.2, -0.15) is 0 Å². The zero-order chi connectivity index (χ0) is 19.6. The average Bonchev–Trinajstić information content (AvgIpc) is 2.66. The number of rotatable bonds is 5. The molecule has 1 aliphatic rings. The van der Waals surface area contributed by atoms with E-state index in [1.54, 1.807) is 25.1 Å². The van der Waals surface area contributed by atoms with Crippen molar-refractivity contribution in [3.63, 3.8) is 0 Å². The van der Waals surface area contributed by atoms with Crippen molar-refractivity contribution < 1.29 is 19.4 Å². The normalized spacial score (nSPS) is 16.0. The molecule has 1 amide bonds. The minimum absolute atomic E-state index is 0.121. The van der Waals surface area contributed by atoms with E-state index in [1.807, 2.05) is 37.3 Å². The van der Waals surface area contributed by atoms with E-state index >= 15 is 0 Å². The zero-order valence-corrected chi connectivity index (χ0v) is 15.7. The first-order valence-electron chi connectivity index (χ1n) is 9.10. The topological polar surface area (TPSA) is 66.8 Å². The van der Waals surface area contributed by atoms with E-state index in [0.717, 1.165) is 17.5 Å². The van der Waals surface area contributed by atoms with Gasteiger partial charge in [-0.15, -0.1) is 0 Å². The summed E-state index contributed by atoms with van der Waals surface area (Å²) in [6, 6.07) is 12.3. The van der Waals surface area contributed by atoms with Gasteiger partial charge in [-0.05, 0) is 54.7 Å². The lowest BCUT2D eigenvalue weighted by Gasteiger charge is -2.34. The molecule has 2 aromatic rings. The van der Waals surface area contributed by atoms with Crippen molar-refractivity contribution in [2.24, 2.45) is 0 Å².